The summed E-state index contributed by atoms with van der Waals surface area (Å²) in [6, 6.07) is 6.16. The standard InChI is InChI=1S/C23H27F4N3O3S/c1-14-7-9-30(10-8-14)21-17(5-6-20(29-21)23(25,26)27)12-28-22(31)15(2)16-3-4-18(13-34(32)33)19(24)11-16/h3-6,11,14-15,34H,7-10,12-13H2,1-2H3,(H,28,31). The predicted octanol–water partition coefficient (Wildman–Crippen LogP) is 4.01. The van der Waals surface area contributed by atoms with Gasteiger partial charge in [0.2, 0.25) is 5.91 Å². The van der Waals surface area contributed by atoms with Crippen LogP contribution in [0.5, 0.6) is 0 Å². The Morgan fingerprint density at radius 3 is 2.41 bits per heavy atom. The fourth-order valence-corrected chi connectivity index (χ4v) is 4.39. The Morgan fingerprint density at radius 2 is 1.82 bits per heavy atom. The number of halogens is 4. The molecule has 1 saturated heterocycles. The highest BCUT2D eigenvalue weighted by Crippen LogP contribution is 2.32. The van der Waals surface area contributed by atoms with Crippen LogP contribution in [-0.2, 0) is 34.0 Å². The minimum atomic E-state index is -4.58. The number of benzene rings is 1. The van der Waals surface area contributed by atoms with E-state index in [1.54, 1.807) is 6.92 Å². The second-order valence-corrected chi connectivity index (χ2v) is 9.61. The van der Waals surface area contributed by atoms with Crippen molar-refractivity contribution in [3.8, 4) is 0 Å². The van der Waals surface area contributed by atoms with E-state index >= 15 is 0 Å². The summed E-state index contributed by atoms with van der Waals surface area (Å²) in [5.74, 6) is -1.67. The van der Waals surface area contributed by atoms with E-state index < -0.39 is 46.0 Å². The molecule has 1 N–H and O–H groups in total. The maximum Gasteiger partial charge on any atom is 0.433 e. The normalized spacial score (nSPS) is 16.0. The van der Waals surface area contributed by atoms with Gasteiger partial charge in [-0.15, -0.1) is 0 Å². The summed E-state index contributed by atoms with van der Waals surface area (Å²) in [4.78, 5) is 18.4. The average Bonchev–Trinajstić information content (AvgIpc) is 2.78. The minimum Gasteiger partial charge on any atom is -0.356 e. The number of rotatable bonds is 7. The first-order chi connectivity index (χ1) is 16.0. The number of aromatic nitrogens is 1. The maximum absolute atomic E-state index is 14.2. The number of carbonyl (C=O) groups is 1. The molecule has 11 heteroatoms. The average molecular weight is 502 g/mol. The molecule has 1 atom stereocenters. The Kier molecular flexibility index (Phi) is 8.17. The number of hydrogen-bond acceptors (Lipinski definition) is 5. The van der Waals surface area contributed by atoms with Crippen molar-refractivity contribution in [2.24, 2.45) is 5.92 Å². The molecule has 1 aliphatic heterocycles. The third-order valence-electron chi connectivity index (χ3n) is 6.05. The van der Waals surface area contributed by atoms with Crippen LogP contribution in [0.25, 0.3) is 0 Å². The molecule has 1 unspecified atom stereocenters. The topological polar surface area (TPSA) is 79.4 Å². The Balaban J connectivity index is 1.76. The smallest absolute Gasteiger partial charge is 0.356 e. The highest BCUT2D eigenvalue weighted by atomic mass is 32.2. The van der Waals surface area contributed by atoms with Crippen molar-refractivity contribution in [3.05, 3.63) is 58.5 Å². The lowest BCUT2D eigenvalue weighted by molar-refractivity contribution is -0.141. The van der Waals surface area contributed by atoms with Gasteiger partial charge in [-0.1, -0.05) is 25.1 Å². The molecular weight excluding hydrogens is 474 g/mol. The summed E-state index contributed by atoms with van der Waals surface area (Å²) < 4.78 is 75.6. The number of anilines is 1. The first kappa shape index (κ1) is 25.9. The van der Waals surface area contributed by atoms with Gasteiger partial charge in [-0.05, 0) is 43.4 Å². The van der Waals surface area contributed by atoms with Crippen LogP contribution < -0.4 is 10.2 Å². The van der Waals surface area contributed by atoms with Crippen LogP contribution in [0.3, 0.4) is 0 Å². The van der Waals surface area contributed by atoms with Gasteiger partial charge in [-0.3, -0.25) is 4.79 Å². The molecule has 186 valence electrons. The summed E-state index contributed by atoms with van der Waals surface area (Å²) in [5, 5.41) is 2.70. The number of alkyl halides is 3. The first-order valence-electron chi connectivity index (χ1n) is 11.0. The summed E-state index contributed by atoms with van der Waals surface area (Å²) in [6.07, 6.45) is -2.91. The van der Waals surface area contributed by atoms with Crippen molar-refractivity contribution < 1.29 is 30.8 Å². The van der Waals surface area contributed by atoms with Crippen molar-refractivity contribution in [3.63, 3.8) is 0 Å². The molecule has 1 aromatic heterocycles. The van der Waals surface area contributed by atoms with Crippen molar-refractivity contribution in [1.29, 1.82) is 0 Å². The minimum absolute atomic E-state index is 0.0174. The van der Waals surface area contributed by atoms with E-state index in [1.807, 2.05) is 4.90 Å². The van der Waals surface area contributed by atoms with E-state index in [-0.39, 0.29) is 17.9 Å². The van der Waals surface area contributed by atoms with Crippen molar-refractivity contribution in [2.75, 3.05) is 18.0 Å². The fourth-order valence-electron chi connectivity index (χ4n) is 3.85. The molecule has 2 heterocycles. The Labute approximate surface area is 197 Å². The summed E-state index contributed by atoms with van der Waals surface area (Å²) in [6.45, 7) is 4.78. The molecule has 1 aromatic carbocycles. The summed E-state index contributed by atoms with van der Waals surface area (Å²) in [5.41, 5.74) is -0.150. The molecule has 0 bridgehead atoms. The summed E-state index contributed by atoms with van der Waals surface area (Å²) >= 11 is 0. The highest BCUT2D eigenvalue weighted by molar-refractivity contribution is 7.71. The number of hydrogen-bond donors (Lipinski definition) is 2. The van der Waals surface area contributed by atoms with Gasteiger partial charge in [-0.2, -0.15) is 13.2 Å². The van der Waals surface area contributed by atoms with E-state index in [0.29, 0.717) is 30.1 Å². The van der Waals surface area contributed by atoms with Gasteiger partial charge in [-0.25, -0.2) is 17.8 Å². The van der Waals surface area contributed by atoms with Crippen LogP contribution in [0.4, 0.5) is 23.4 Å². The number of nitrogens with zero attached hydrogens (tertiary/aromatic N) is 2. The first-order valence-corrected chi connectivity index (χ1v) is 12.3. The van der Waals surface area contributed by atoms with Crippen LogP contribution >= 0.6 is 0 Å². The Morgan fingerprint density at radius 1 is 1.18 bits per heavy atom. The number of carbonyl (C=O) groups excluding carboxylic acids is 1. The van der Waals surface area contributed by atoms with Crippen molar-refractivity contribution in [2.45, 2.75) is 51.1 Å². The van der Waals surface area contributed by atoms with Crippen LogP contribution in [-0.4, -0.2) is 32.4 Å². The lowest BCUT2D eigenvalue weighted by Gasteiger charge is -2.33. The van der Waals surface area contributed by atoms with E-state index in [2.05, 4.69) is 17.2 Å². The molecule has 1 amide bonds. The van der Waals surface area contributed by atoms with E-state index in [0.717, 1.165) is 25.0 Å². The Hall–Kier alpha value is -2.69. The van der Waals surface area contributed by atoms with Crippen molar-refractivity contribution >= 4 is 22.4 Å². The fraction of sp³-hybridized carbons (Fsp3) is 0.478. The van der Waals surface area contributed by atoms with Gasteiger partial charge in [0, 0.05) is 30.8 Å². The van der Waals surface area contributed by atoms with E-state index in [1.165, 1.54) is 18.2 Å². The van der Waals surface area contributed by atoms with Gasteiger partial charge in [0.1, 0.15) is 28.0 Å². The monoisotopic (exact) mass is 501 g/mol. The third-order valence-corrected chi connectivity index (χ3v) is 6.65. The molecule has 0 saturated carbocycles. The molecule has 3 rings (SSSR count). The second kappa shape index (κ2) is 10.7. The quantitative estimate of drug-likeness (QED) is 0.443. The largest absolute Gasteiger partial charge is 0.433 e. The number of pyridine rings is 1. The lowest BCUT2D eigenvalue weighted by atomic mass is 9.98. The van der Waals surface area contributed by atoms with Gasteiger partial charge in [0.05, 0.1) is 11.7 Å². The molecule has 34 heavy (non-hydrogen) atoms. The van der Waals surface area contributed by atoms with Gasteiger partial charge < -0.3 is 10.2 Å². The second-order valence-electron chi connectivity index (χ2n) is 8.63. The molecular formula is C23H27F4N3O3S. The maximum atomic E-state index is 14.2. The molecule has 0 aliphatic carbocycles. The van der Waals surface area contributed by atoms with E-state index in [9.17, 15) is 30.8 Å². The Bertz CT molecular complexity index is 1110. The summed E-state index contributed by atoms with van der Waals surface area (Å²) in [7, 11) is -2.78. The molecule has 0 radical (unpaired) electrons. The third kappa shape index (κ3) is 6.46. The number of amides is 1. The number of piperidine rings is 1. The van der Waals surface area contributed by atoms with Gasteiger partial charge >= 0.3 is 6.18 Å². The molecule has 1 fully saturated rings. The zero-order valence-electron chi connectivity index (χ0n) is 18.9. The highest BCUT2D eigenvalue weighted by Gasteiger charge is 2.34. The van der Waals surface area contributed by atoms with Gasteiger partial charge in [0.25, 0.3) is 0 Å². The van der Waals surface area contributed by atoms with Crippen LogP contribution in [0.1, 0.15) is 55.0 Å². The molecule has 0 spiro atoms. The zero-order chi connectivity index (χ0) is 25.0. The van der Waals surface area contributed by atoms with Gasteiger partial charge in [0.15, 0.2) is 0 Å². The SMILES string of the molecule is CC1CCN(c2nc(C(F)(F)F)ccc2CNC(=O)C(C)c2ccc(C[SH](=O)=O)c(F)c2)CC1. The van der Waals surface area contributed by atoms with Crippen LogP contribution in [0, 0.1) is 11.7 Å². The van der Waals surface area contributed by atoms with E-state index in [4.69, 9.17) is 0 Å². The van der Waals surface area contributed by atoms with Crippen molar-refractivity contribution in [1.82, 2.24) is 10.3 Å². The molecule has 1 aliphatic rings. The predicted molar refractivity (Wildman–Crippen MR) is 121 cm³/mol. The number of thiol groups is 1. The zero-order valence-corrected chi connectivity index (χ0v) is 19.8. The van der Waals surface area contributed by atoms with Crippen LogP contribution in [0.15, 0.2) is 30.3 Å². The van der Waals surface area contributed by atoms with Crippen LogP contribution in [0.2, 0.25) is 0 Å². The number of nitrogens with one attached hydrogen (secondary N) is 1. The molecule has 6 nitrogen and oxygen atoms in total. The molecule has 2 aromatic rings. The lowest BCUT2D eigenvalue weighted by Crippen LogP contribution is -2.35.